The lowest BCUT2D eigenvalue weighted by Crippen LogP contribution is -2.35. The van der Waals surface area contributed by atoms with Gasteiger partial charge in [0.15, 0.2) is 0 Å². The Morgan fingerprint density at radius 2 is 1.75 bits per heavy atom. The van der Waals surface area contributed by atoms with Crippen molar-refractivity contribution >= 4 is 39.1 Å². The average molecular weight is 561 g/mol. The van der Waals surface area contributed by atoms with E-state index in [1.54, 1.807) is 25.1 Å². The van der Waals surface area contributed by atoms with E-state index < -0.39 is 38.9 Å². The van der Waals surface area contributed by atoms with E-state index in [1.165, 1.54) is 36.0 Å². The van der Waals surface area contributed by atoms with Gasteiger partial charge in [-0.1, -0.05) is 23.4 Å². The van der Waals surface area contributed by atoms with Gasteiger partial charge in [0.05, 0.1) is 21.2 Å². The minimum atomic E-state index is -4.67. The van der Waals surface area contributed by atoms with Crippen LogP contribution in [0, 0.1) is 5.82 Å². The molecule has 1 heterocycles. The molecule has 3 aromatic rings. The molecule has 0 aliphatic carbocycles. The molecule has 0 radical (unpaired) electrons. The highest BCUT2D eigenvalue weighted by atomic mass is 35.5. The Hall–Kier alpha value is -2.47. The van der Waals surface area contributed by atoms with E-state index in [4.69, 9.17) is 16.3 Å². The molecule has 2 N–H and O–H groups in total. The first-order valence-corrected chi connectivity index (χ1v) is 13.4. The van der Waals surface area contributed by atoms with Crippen LogP contribution in [0.5, 0.6) is 5.75 Å². The summed E-state index contributed by atoms with van der Waals surface area (Å²) >= 11 is 7.05. The SMILES string of the molecule is C[C@@]1(Oc2cc(NS(=O)(=O)c3ccc(Sc4ccc(F)c(Cl)c4)cc3)ccc2C(F)(F)F)CCNC1. The minimum absolute atomic E-state index is 0.0264. The molecule has 1 fully saturated rings. The molecule has 1 saturated heterocycles. The molecule has 0 amide bonds. The Kier molecular flexibility index (Phi) is 7.47. The monoisotopic (exact) mass is 560 g/mol. The van der Waals surface area contributed by atoms with Crippen LogP contribution in [0.2, 0.25) is 5.02 Å². The summed E-state index contributed by atoms with van der Waals surface area (Å²) < 4.78 is 87.9. The van der Waals surface area contributed by atoms with Crippen LogP contribution < -0.4 is 14.8 Å². The molecule has 1 atom stereocenters. The van der Waals surface area contributed by atoms with Gasteiger partial charge < -0.3 is 10.1 Å². The predicted molar refractivity (Wildman–Crippen MR) is 131 cm³/mol. The molecule has 0 spiro atoms. The highest BCUT2D eigenvalue weighted by Gasteiger charge is 2.38. The fraction of sp³-hybridized carbons (Fsp3) is 0.250. The number of anilines is 1. The number of benzene rings is 3. The van der Waals surface area contributed by atoms with Gasteiger partial charge in [-0.3, -0.25) is 4.72 Å². The quantitative estimate of drug-likeness (QED) is 0.320. The van der Waals surface area contributed by atoms with E-state index in [0.717, 1.165) is 18.2 Å². The van der Waals surface area contributed by atoms with Crippen LogP contribution in [0.25, 0.3) is 0 Å². The number of hydrogen-bond donors (Lipinski definition) is 2. The molecular weight excluding hydrogens is 540 g/mol. The van der Waals surface area contributed by atoms with E-state index in [-0.39, 0.29) is 15.6 Å². The largest absolute Gasteiger partial charge is 0.485 e. The molecule has 192 valence electrons. The molecule has 0 unspecified atom stereocenters. The Bertz CT molecular complexity index is 1360. The molecule has 3 aromatic carbocycles. The van der Waals surface area contributed by atoms with Crippen LogP contribution in [0.3, 0.4) is 0 Å². The number of hydrogen-bond acceptors (Lipinski definition) is 5. The fourth-order valence-corrected chi connectivity index (χ4v) is 5.78. The molecule has 1 aliphatic heterocycles. The standard InChI is InChI=1S/C24H21ClF4N2O3S2/c1-23(10-11-30-14-23)34-22-12-15(2-8-19(22)24(27,28)29)31-36(32,33)18-6-3-16(4-7-18)35-17-5-9-21(26)20(25)13-17/h2-9,12-13,30-31H,10-11,14H2,1H3/t23-/m1/s1. The third-order valence-corrected chi connectivity index (χ3v) is 8.17. The zero-order valence-electron chi connectivity index (χ0n) is 18.8. The van der Waals surface area contributed by atoms with Gasteiger partial charge in [-0.25, -0.2) is 12.8 Å². The second-order valence-corrected chi connectivity index (χ2v) is 11.7. The molecule has 1 aliphatic rings. The first-order chi connectivity index (χ1) is 16.8. The van der Waals surface area contributed by atoms with Gasteiger partial charge in [0, 0.05) is 28.8 Å². The Balaban J connectivity index is 1.54. The van der Waals surface area contributed by atoms with Gasteiger partial charge in [0.2, 0.25) is 0 Å². The van der Waals surface area contributed by atoms with Crippen LogP contribution >= 0.6 is 23.4 Å². The number of ether oxygens (including phenoxy) is 1. The van der Waals surface area contributed by atoms with Crippen molar-refractivity contribution in [3.8, 4) is 5.75 Å². The summed E-state index contributed by atoms with van der Waals surface area (Å²) in [5.74, 6) is -0.988. The summed E-state index contributed by atoms with van der Waals surface area (Å²) in [6.07, 6.45) is -4.16. The van der Waals surface area contributed by atoms with Crippen molar-refractivity contribution in [1.82, 2.24) is 5.32 Å². The lowest BCUT2D eigenvalue weighted by molar-refractivity contribution is -0.139. The van der Waals surface area contributed by atoms with Crippen LogP contribution in [0.1, 0.15) is 18.9 Å². The second-order valence-electron chi connectivity index (χ2n) is 8.44. The van der Waals surface area contributed by atoms with Gasteiger partial charge in [0.1, 0.15) is 17.2 Å². The third-order valence-electron chi connectivity index (χ3n) is 5.49. The summed E-state index contributed by atoms with van der Waals surface area (Å²) in [4.78, 5) is 1.26. The van der Waals surface area contributed by atoms with Crippen molar-refractivity contribution in [1.29, 1.82) is 0 Å². The summed E-state index contributed by atoms with van der Waals surface area (Å²) in [7, 11) is -4.10. The second kappa shape index (κ2) is 10.1. The number of nitrogens with one attached hydrogen (secondary N) is 2. The van der Waals surface area contributed by atoms with E-state index in [2.05, 4.69) is 10.0 Å². The van der Waals surface area contributed by atoms with Crippen molar-refractivity contribution in [2.75, 3.05) is 17.8 Å². The van der Waals surface area contributed by atoms with Crippen LogP contribution in [0.15, 0.2) is 75.4 Å². The minimum Gasteiger partial charge on any atom is -0.485 e. The summed E-state index contributed by atoms with van der Waals surface area (Å²) in [5, 5.41) is 3.02. The molecular formula is C24H21ClF4N2O3S2. The van der Waals surface area contributed by atoms with Crippen LogP contribution in [-0.2, 0) is 16.2 Å². The van der Waals surface area contributed by atoms with Gasteiger partial charge in [-0.05, 0) is 68.1 Å². The van der Waals surface area contributed by atoms with E-state index >= 15 is 0 Å². The fourth-order valence-electron chi connectivity index (χ4n) is 3.63. The van der Waals surface area contributed by atoms with Crippen molar-refractivity contribution in [2.24, 2.45) is 0 Å². The Labute approximate surface area is 215 Å². The summed E-state index contributed by atoms with van der Waals surface area (Å²) in [6.45, 7) is 2.67. The van der Waals surface area contributed by atoms with Gasteiger partial charge in [0.25, 0.3) is 10.0 Å². The summed E-state index contributed by atoms with van der Waals surface area (Å²) in [5.41, 5.74) is -1.90. The van der Waals surface area contributed by atoms with E-state index in [1.807, 2.05) is 0 Å². The molecule has 0 bridgehead atoms. The lowest BCUT2D eigenvalue weighted by Gasteiger charge is -2.27. The van der Waals surface area contributed by atoms with Gasteiger partial charge in [-0.15, -0.1) is 0 Å². The number of rotatable bonds is 7. The van der Waals surface area contributed by atoms with Gasteiger partial charge in [-0.2, -0.15) is 13.2 Å². The highest BCUT2D eigenvalue weighted by Crippen LogP contribution is 2.40. The lowest BCUT2D eigenvalue weighted by atomic mass is 10.1. The van der Waals surface area contributed by atoms with Crippen molar-refractivity contribution < 1.29 is 30.7 Å². The maximum absolute atomic E-state index is 13.6. The predicted octanol–water partition coefficient (Wildman–Crippen LogP) is 6.58. The maximum Gasteiger partial charge on any atom is 0.419 e. The first kappa shape index (κ1) is 26.6. The van der Waals surface area contributed by atoms with Crippen molar-refractivity contribution in [3.05, 3.63) is 77.1 Å². The molecule has 4 rings (SSSR count). The zero-order valence-corrected chi connectivity index (χ0v) is 21.2. The Morgan fingerprint density at radius 3 is 2.36 bits per heavy atom. The maximum atomic E-state index is 13.6. The van der Waals surface area contributed by atoms with Crippen molar-refractivity contribution in [2.45, 2.75) is 39.8 Å². The molecule has 5 nitrogen and oxygen atoms in total. The average Bonchev–Trinajstić information content (AvgIpc) is 3.21. The molecule has 36 heavy (non-hydrogen) atoms. The first-order valence-electron chi connectivity index (χ1n) is 10.7. The molecule has 0 saturated carbocycles. The normalized spacial score (nSPS) is 18.3. The van der Waals surface area contributed by atoms with Crippen LogP contribution in [0.4, 0.5) is 23.2 Å². The molecule has 12 heteroatoms. The zero-order chi connectivity index (χ0) is 26.1. The number of alkyl halides is 3. The van der Waals surface area contributed by atoms with E-state index in [9.17, 15) is 26.0 Å². The topological polar surface area (TPSA) is 67.4 Å². The Morgan fingerprint density at radius 1 is 1.06 bits per heavy atom. The smallest absolute Gasteiger partial charge is 0.419 e. The van der Waals surface area contributed by atoms with Crippen LogP contribution in [-0.4, -0.2) is 27.1 Å². The summed E-state index contributed by atoms with van der Waals surface area (Å²) in [6, 6.07) is 13.0. The highest BCUT2D eigenvalue weighted by molar-refractivity contribution is 7.99. The third kappa shape index (κ3) is 6.26. The van der Waals surface area contributed by atoms with Gasteiger partial charge >= 0.3 is 6.18 Å². The van der Waals surface area contributed by atoms with Crippen molar-refractivity contribution in [3.63, 3.8) is 0 Å². The van der Waals surface area contributed by atoms with E-state index in [0.29, 0.717) is 29.3 Å². The number of halogens is 5. The molecule has 0 aromatic heterocycles. The number of sulfonamides is 1.